The SMILES string of the molecule is CCCCCCCCCCCCCCOc1ccc(NC(=O)c2ccccc2C[n+]2cscc2C)cc1F.[Br-]. The van der Waals surface area contributed by atoms with Crippen LogP contribution in [0.4, 0.5) is 10.1 Å². The van der Waals surface area contributed by atoms with Crippen molar-refractivity contribution in [1.82, 2.24) is 0 Å². The fourth-order valence-electron chi connectivity index (χ4n) is 4.60. The van der Waals surface area contributed by atoms with Gasteiger partial charge in [0.15, 0.2) is 23.8 Å². The Balaban J connectivity index is 0.00000533. The minimum Gasteiger partial charge on any atom is -1.00 e. The second kappa shape index (κ2) is 18.9. The molecule has 0 fully saturated rings. The molecule has 214 valence electrons. The van der Waals surface area contributed by atoms with Crippen LogP contribution in [-0.2, 0) is 6.54 Å². The van der Waals surface area contributed by atoms with Crippen molar-refractivity contribution in [3.05, 3.63) is 76.0 Å². The van der Waals surface area contributed by atoms with Gasteiger partial charge in [0.2, 0.25) is 5.51 Å². The number of rotatable bonds is 18. The molecule has 1 amide bonds. The Morgan fingerprint density at radius 1 is 0.923 bits per heavy atom. The van der Waals surface area contributed by atoms with Crippen molar-refractivity contribution >= 4 is 22.9 Å². The maximum atomic E-state index is 14.6. The summed E-state index contributed by atoms with van der Waals surface area (Å²) in [5.74, 6) is -0.478. The first-order valence-electron chi connectivity index (χ1n) is 14.3. The molecule has 2 aromatic carbocycles. The maximum Gasteiger partial charge on any atom is 0.256 e. The highest BCUT2D eigenvalue weighted by Crippen LogP contribution is 2.23. The lowest BCUT2D eigenvalue weighted by molar-refractivity contribution is -0.689. The molecule has 0 spiro atoms. The first-order valence-corrected chi connectivity index (χ1v) is 15.3. The number of aromatic nitrogens is 1. The van der Waals surface area contributed by atoms with E-state index in [9.17, 15) is 9.18 Å². The highest BCUT2D eigenvalue weighted by molar-refractivity contribution is 7.07. The van der Waals surface area contributed by atoms with E-state index in [2.05, 4.69) is 22.2 Å². The van der Waals surface area contributed by atoms with Crippen LogP contribution < -0.4 is 31.6 Å². The van der Waals surface area contributed by atoms with Crippen LogP contribution in [0.15, 0.2) is 53.4 Å². The number of benzene rings is 2. The fraction of sp³-hybridized carbons (Fsp3) is 0.500. The van der Waals surface area contributed by atoms with E-state index in [1.165, 1.54) is 70.3 Å². The Labute approximate surface area is 248 Å². The molecule has 0 atom stereocenters. The standard InChI is InChI=1S/C32H43FN2O2S.BrH/c1-3-4-5-6-7-8-9-10-11-12-13-16-21-37-31-20-19-28(22-30(31)33)34-32(36)29-18-15-14-17-27(29)23-35-25-38-24-26(35)2;/h14-15,17-20,22,24-25H,3-13,16,21,23H2,1-2H3;1H. The monoisotopic (exact) mass is 618 g/mol. The van der Waals surface area contributed by atoms with Gasteiger partial charge >= 0.3 is 0 Å². The van der Waals surface area contributed by atoms with Gasteiger partial charge in [0.1, 0.15) is 0 Å². The Morgan fingerprint density at radius 3 is 2.18 bits per heavy atom. The maximum absolute atomic E-state index is 14.6. The number of carbonyl (C=O) groups excluding carboxylic acids is 1. The zero-order valence-corrected chi connectivity index (χ0v) is 25.9. The van der Waals surface area contributed by atoms with Crippen molar-refractivity contribution in [2.75, 3.05) is 11.9 Å². The Hall–Kier alpha value is -2.25. The largest absolute Gasteiger partial charge is 1.00 e. The topological polar surface area (TPSA) is 42.2 Å². The molecule has 0 aliphatic rings. The van der Waals surface area contributed by atoms with Crippen LogP contribution in [-0.4, -0.2) is 12.5 Å². The average Bonchev–Trinajstić information content (AvgIpc) is 3.32. The number of anilines is 1. The van der Waals surface area contributed by atoms with Crippen molar-refractivity contribution in [3.63, 3.8) is 0 Å². The third-order valence-corrected chi connectivity index (χ3v) is 7.78. The lowest BCUT2D eigenvalue weighted by Crippen LogP contribution is -3.00. The van der Waals surface area contributed by atoms with Crippen LogP contribution in [0.25, 0.3) is 0 Å². The first kappa shape index (κ1) is 33.0. The summed E-state index contributed by atoms with van der Waals surface area (Å²) in [6, 6.07) is 12.1. The molecule has 1 aromatic heterocycles. The van der Waals surface area contributed by atoms with Crippen LogP contribution in [0.2, 0.25) is 0 Å². The molecule has 0 aliphatic heterocycles. The van der Waals surface area contributed by atoms with Gasteiger partial charge in [0, 0.05) is 29.8 Å². The zero-order valence-electron chi connectivity index (χ0n) is 23.5. The third kappa shape index (κ3) is 11.8. The number of ether oxygens (including phenoxy) is 1. The second-order valence-electron chi connectivity index (χ2n) is 10.1. The molecule has 0 unspecified atom stereocenters. The summed E-state index contributed by atoms with van der Waals surface area (Å²) in [6.45, 7) is 5.42. The van der Waals surface area contributed by atoms with E-state index in [0.717, 1.165) is 24.1 Å². The summed E-state index contributed by atoms with van der Waals surface area (Å²) in [6.07, 6.45) is 15.4. The van der Waals surface area contributed by atoms with Crippen molar-refractivity contribution in [1.29, 1.82) is 0 Å². The highest BCUT2D eigenvalue weighted by atomic mass is 79.9. The molecule has 0 radical (unpaired) electrons. The Kier molecular flexibility index (Phi) is 16.0. The number of carbonyl (C=O) groups is 1. The van der Waals surface area contributed by atoms with E-state index in [-0.39, 0.29) is 28.6 Å². The summed E-state index contributed by atoms with van der Waals surface area (Å²) in [5.41, 5.74) is 5.10. The number of hydrogen-bond donors (Lipinski definition) is 1. The lowest BCUT2D eigenvalue weighted by Gasteiger charge is -2.11. The van der Waals surface area contributed by atoms with Crippen molar-refractivity contribution in [2.24, 2.45) is 0 Å². The smallest absolute Gasteiger partial charge is 0.256 e. The van der Waals surface area contributed by atoms with E-state index in [0.29, 0.717) is 24.4 Å². The summed E-state index contributed by atoms with van der Waals surface area (Å²) in [7, 11) is 0. The van der Waals surface area contributed by atoms with Gasteiger partial charge in [-0.25, -0.2) is 4.39 Å². The van der Waals surface area contributed by atoms with E-state index in [1.54, 1.807) is 29.5 Å². The molecule has 1 heterocycles. The summed E-state index contributed by atoms with van der Waals surface area (Å²) < 4.78 is 22.4. The van der Waals surface area contributed by atoms with Crippen LogP contribution >= 0.6 is 11.3 Å². The third-order valence-electron chi connectivity index (χ3n) is 6.93. The normalized spacial score (nSPS) is 10.7. The lowest BCUT2D eigenvalue weighted by atomic mass is 10.1. The molecule has 0 aliphatic carbocycles. The zero-order chi connectivity index (χ0) is 27.0. The van der Waals surface area contributed by atoms with Gasteiger partial charge in [-0.15, -0.1) is 0 Å². The van der Waals surface area contributed by atoms with Crippen LogP contribution in [0.3, 0.4) is 0 Å². The number of nitrogens with zero attached hydrogens (tertiary/aromatic N) is 1. The predicted molar refractivity (Wildman–Crippen MR) is 156 cm³/mol. The van der Waals surface area contributed by atoms with Gasteiger partial charge in [0.25, 0.3) is 5.91 Å². The molecule has 7 heteroatoms. The number of halogens is 2. The predicted octanol–water partition coefficient (Wildman–Crippen LogP) is 5.87. The molecular formula is C32H44BrFN2O2S. The van der Waals surface area contributed by atoms with E-state index in [1.807, 2.05) is 30.6 Å². The highest BCUT2D eigenvalue weighted by Gasteiger charge is 2.17. The summed E-state index contributed by atoms with van der Waals surface area (Å²) >= 11 is 1.63. The minimum absolute atomic E-state index is 0. The van der Waals surface area contributed by atoms with Crippen LogP contribution in [0.1, 0.15) is 106 Å². The molecule has 1 N–H and O–H groups in total. The number of amides is 1. The summed E-state index contributed by atoms with van der Waals surface area (Å²) in [5, 5.41) is 4.91. The number of thiazole rings is 1. The van der Waals surface area contributed by atoms with Gasteiger partial charge in [-0.3, -0.25) is 4.79 Å². The van der Waals surface area contributed by atoms with E-state index >= 15 is 0 Å². The fourth-order valence-corrected chi connectivity index (χ4v) is 5.38. The van der Waals surface area contributed by atoms with Gasteiger partial charge in [-0.05, 0) is 24.6 Å². The minimum atomic E-state index is -0.459. The van der Waals surface area contributed by atoms with Crippen molar-refractivity contribution in [2.45, 2.75) is 97.4 Å². The van der Waals surface area contributed by atoms with Crippen LogP contribution in [0.5, 0.6) is 5.75 Å². The molecule has 4 nitrogen and oxygen atoms in total. The van der Waals surface area contributed by atoms with E-state index in [4.69, 9.17) is 4.74 Å². The van der Waals surface area contributed by atoms with Gasteiger partial charge in [-0.1, -0.05) is 107 Å². The number of hydrogen-bond acceptors (Lipinski definition) is 3. The van der Waals surface area contributed by atoms with E-state index < -0.39 is 5.82 Å². The molecular weight excluding hydrogens is 575 g/mol. The summed E-state index contributed by atoms with van der Waals surface area (Å²) in [4.78, 5) is 13.0. The molecule has 39 heavy (non-hydrogen) atoms. The van der Waals surface area contributed by atoms with Crippen LogP contribution in [0, 0.1) is 12.7 Å². The second-order valence-corrected chi connectivity index (χ2v) is 10.8. The number of unbranched alkanes of at least 4 members (excludes halogenated alkanes) is 11. The number of nitrogens with one attached hydrogen (secondary N) is 1. The Morgan fingerprint density at radius 2 is 1.56 bits per heavy atom. The molecule has 0 saturated carbocycles. The Bertz CT molecular complexity index is 1120. The average molecular weight is 620 g/mol. The first-order chi connectivity index (χ1) is 18.6. The molecule has 3 rings (SSSR count). The van der Waals surface area contributed by atoms with Gasteiger partial charge in [-0.2, -0.15) is 4.57 Å². The molecule has 0 saturated heterocycles. The molecule has 0 bridgehead atoms. The van der Waals surface area contributed by atoms with Gasteiger partial charge < -0.3 is 27.0 Å². The van der Waals surface area contributed by atoms with Crippen molar-refractivity contribution < 1.29 is 35.5 Å². The van der Waals surface area contributed by atoms with Gasteiger partial charge in [0.05, 0.1) is 12.0 Å². The quantitative estimate of drug-likeness (QED) is 0.143. The molecule has 3 aromatic rings. The van der Waals surface area contributed by atoms with Crippen molar-refractivity contribution in [3.8, 4) is 5.75 Å². The number of aryl methyl sites for hydroxylation is 1.